The van der Waals surface area contributed by atoms with E-state index >= 15 is 0 Å². The van der Waals surface area contributed by atoms with Crippen LogP contribution in [0.4, 0.5) is 0 Å². The molecule has 3 aromatic carbocycles. The van der Waals surface area contributed by atoms with Crippen LogP contribution in [-0.4, -0.2) is 27.4 Å². The predicted octanol–water partition coefficient (Wildman–Crippen LogP) is 3.87. The highest BCUT2D eigenvalue weighted by Gasteiger charge is 2.19. The SMILES string of the molecule is Cc1ccccc1C(OCC(O)Cn1cnc2ccccc2c1=O)c1ccccc1. The molecule has 2 unspecified atom stereocenters. The van der Waals surface area contributed by atoms with Crippen molar-refractivity contribution in [3.63, 3.8) is 0 Å². The molecule has 0 aliphatic heterocycles. The molecule has 152 valence electrons. The zero-order valence-electron chi connectivity index (χ0n) is 16.8. The van der Waals surface area contributed by atoms with Gasteiger partial charge in [0, 0.05) is 0 Å². The second kappa shape index (κ2) is 9.03. The number of aryl methyl sites for hydroxylation is 1. The van der Waals surface area contributed by atoms with Crippen LogP contribution in [0.2, 0.25) is 0 Å². The number of aliphatic hydroxyl groups is 1. The van der Waals surface area contributed by atoms with Crippen LogP contribution < -0.4 is 5.56 Å². The lowest BCUT2D eigenvalue weighted by Gasteiger charge is -2.23. The molecule has 0 fully saturated rings. The van der Waals surface area contributed by atoms with Gasteiger partial charge in [-0.25, -0.2) is 4.98 Å². The topological polar surface area (TPSA) is 64.3 Å². The number of nitrogens with zero attached hydrogens (tertiary/aromatic N) is 2. The molecule has 0 aliphatic carbocycles. The number of ether oxygens (including phenoxy) is 1. The molecule has 2 atom stereocenters. The summed E-state index contributed by atoms with van der Waals surface area (Å²) in [7, 11) is 0. The molecule has 1 heterocycles. The number of para-hydroxylation sites is 1. The van der Waals surface area contributed by atoms with Crippen molar-refractivity contribution in [3.8, 4) is 0 Å². The van der Waals surface area contributed by atoms with E-state index in [-0.39, 0.29) is 24.8 Å². The van der Waals surface area contributed by atoms with Crippen LogP contribution in [0, 0.1) is 6.92 Å². The molecule has 0 radical (unpaired) electrons. The molecule has 5 nitrogen and oxygen atoms in total. The van der Waals surface area contributed by atoms with Crippen LogP contribution >= 0.6 is 0 Å². The zero-order chi connectivity index (χ0) is 20.9. The molecule has 1 aromatic heterocycles. The van der Waals surface area contributed by atoms with Crippen molar-refractivity contribution in [2.45, 2.75) is 25.7 Å². The van der Waals surface area contributed by atoms with Crippen LogP contribution in [0.3, 0.4) is 0 Å². The summed E-state index contributed by atoms with van der Waals surface area (Å²) in [5.41, 5.74) is 3.67. The summed E-state index contributed by atoms with van der Waals surface area (Å²) in [5, 5.41) is 11.1. The molecule has 4 rings (SSSR count). The van der Waals surface area contributed by atoms with Crippen molar-refractivity contribution in [2.75, 3.05) is 6.61 Å². The second-order valence-corrected chi connectivity index (χ2v) is 7.35. The van der Waals surface area contributed by atoms with Gasteiger partial charge in [0.15, 0.2) is 0 Å². The first-order valence-corrected chi connectivity index (χ1v) is 9.98. The summed E-state index contributed by atoms with van der Waals surface area (Å²) in [4.78, 5) is 17.0. The summed E-state index contributed by atoms with van der Waals surface area (Å²) < 4.78 is 7.60. The first-order chi connectivity index (χ1) is 14.6. The molecule has 0 saturated heterocycles. The lowest BCUT2D eigenvalue weighted by molar-refractivity contribution is -0.00119. The summed E-state index contributed by atoms with van der Waals surface area (Å²) >= 11 is 0. The highest BCUT2D eigenvalue weighted by molar-refractivity contribution is 5.76. The van der Waals surface area contributed by atoms with Crippen LogP contribution in [0.5, 0.6) is 0 Å². The van der Waals surface area contributed by atoms with Gasteiger partial charge in [-0.3, -0.25) is 9.36 Å². The van der Waals surface area contributed by atoms with Gasteiger partial charge in [-0.1, -0.05) is 66.7 Å². The number of aliphatic hydroxyl groups excluding tert-OH is 1. The Morgan fingerprint density at radius 3 is 2.47 bits per heavy atom. The van der Waals surface area contributed by atoms with E-state index in [0.717, 1.165) is 16.7 Å². The van der Waals surface area contributed by atoms with E-state index in [1.165, 1.54) is 10.9 Å². The van der Waals surface area contributed by atoms with Crippen molar-refractivity contribution in [2.24, 2.45) is 0 Å². The molecule has 0 saturated carbocycles. The van der Waals surface area contributed by atoms with E-state index < -0.39 is 6.10 Å². The average molecular weight is 400 g/mol. The van der Waals surface area contributed by atoms with E-state index in [1.807, 2.05) is 73.7 Å². The van der Waals surface area contributed by atoms with E-state index in [1.54, 1.807) is 12.1 Å². The largest absolute Gasteiger partial charge is 0.389 e. The molecule has 0 aliphatic rings. The van der Waals surface area contributed by atoms with E-state index in [9.17, 15) is 9.90 Å². The standard InChI is InChI=1S/C25H24N2O3/c1-18-9-5-6-12-21(18)24(19-10-3-2-4-11-19)30-16-20(28)15-27-17-26-23-14-8-7-13-22(23)25(27)29/h2-14,17,20,24,28H,15-16H2,1H3. The van der Waals surface area contributed by atoms with Gasteiger partial charge in [0.1, 0.15) is 6.10 Å². The molecule has 4 aromatic rings. The first kappa shape index (κ1) is 20.0. The Hall–Kier alpha value is -3.28. The van der Waals surface area contributed by atoms with Gasteiger partial charge in [0.2, 0.25) is 0 Å². The fraction of sp³-hybridized carbons (Fsp3) is 0.200. The molecule has 1 N–H and O–H groups in total. The van der Waals surface area contributed by atoms with Crippen molar-refractivity contribution in [1.82, 2.24) is 9.55 Å². The molecule has 0 bridgehead atoms. The van der Waals surface area contributed by atoms with Crippen molar-refractivity contribution in [1.29, 1.82) is 0 Å². The number of fused-ring (bicyclic) bond motifs is 1. The van der Waals surface area contributed by atoms with Gasteiger partial charge in [-0.15, -0.1) is 0 Å². The monoisotopic (exact) mass is 400 g/mol. The molecule has 0 spiro atoms. The van der Waals surface area contributed by atoms with Crippen LogP contribution in [0.1, 0.15) is 22.8 Å². The molecular weight excluding hydrogens is 376 g/mol. The van der Waals surface area contributed by atoms with Crippen LogP contribution in [0.25, 0.3) is 10.9 Å². The van der Waals surface area contributed by atoms with Crippen molar-refractivity contribution >= 4 is 10.9 Å². The molecule has 30 heavy (non-hydrogen) atoms. The van der Waals surface area contributed by atoms with Gasteiger partial charge in [0.25, 0.3) is 5.56 Å². The Morgan fingerprint density at radius 1 is 0.967 bits per heavy atom. The Morgan fingerprint density at radius 2 is 1.67 bits per heavy atom. The first-order valence-electron chi connectivity index (χ1n) is 9.98. The molecule has 5 heteroatoms. The van der Waals surface area contributed by atoms with Gasteiger partial charge in [-0.2, -0.15) is 0 Å². The highest BCUT2D eigenvalue weighted by Crippen LogP contribution is 2.28. The predicted molar refractivity (Wildman–Crippen MR) is 117 cm³/mol. The molecular formula is C25H24N2O3. The van der Waals surface area contributed by atoms with E-state index in [4.69, 9.17) is 4.74 Å². The Balaban J connectivity index is 1.52. The minimum absolute atomic E-state index is 0.0904. The van der Waals surface area contributed by atoms with Gasteiger partial charge < -0.3 is 9.84 Å². The fourth-order valence-electron chi connectivity index (χ4n) is 3.60. The Bertz CT molecular complexity index is 1190. The minimum Gasteiger partial charge on any atom is -0.389 e. The number of rotatable bonds is 7. The second-order valence-electron chi connectivity index (χ2n) is 7.35. The maximum Gasteiger partial charge on any atom is 0.261 e. The summed E-state index contributed by atoms with van der Waals surface area (Å²) in [5.74, 6) is 0. The smallest absolute Gasteiger partial charge is 0.261 e. The Kier molecular flexibility index (Phi) is 6.02. The van der Waals surface area contributed by atoms with Crippen LogP contribution in [0.15, 0.2) is 90.0 Å². The Labute approximate surface area is 175 Å². The average Bonchev–Trinajstić information content (AvgIpc) is 2.78. The maximum atomic E-state index is 12.7. The third-order valence-electron chi connectivity index (χ3n) is 5.17. The van der Waals surface area contributed by atoms with Crippen molar-refractivity contribution in [3.05, 3.63) is 112 Å². The lowest BCUT2D eigenvalue weighted by Crippen LogP contribution is -2.30. The summed E-state index contributed by atoms with van der Waals surface area (Å²) in [6, 6.07) is 25.2. The summed E-state index contributed by atoms with van der Waals surface area (Å²) in [6.45, 7) is 2.25. The molecule has 0 amide bonds. The fourth-order valence-corrected chi connectivity index (χ4v) is 3.60. The third-order valence-corrected chi connectivity index (χ3v) is 5.17. The van der Waals surface area contributed by atoms with Gasteiger partial charge in [0.05, 0.1) is 36.5 Å². The summed E-state index contributed by atoms with van der Waals surface area (Å²) in [6.07, 6.45) is 0.332. The van der Waals surface area contributed by atoms with Crippen LogP contribution in [-0.2, 0) is 11.3 Å². The number of hydrogen-bond donors (Lipinski definition) is 1. The number of benzene rings is 3. The third kappa shape index (κ3) is 4.32. The zero-order valence-corrected chi connectivity index (χ0v) is 16.8. The van der Waals surface area contributed by atoms with E-state index in [2.05, 4.69) is 4.98 Å². The number of hydrogen-bond acceptors (Lipinski definition) is 4. The minimum atomic E-state index is -0.846. The normalized spacial score (nSPS) is 13.3. The van der Waals surface area contributed by atoms with Gasteiger partial charge in [-0.05, 0) is 35.7 Å². The highest BCUT2D eigenvalue weighted by atomic mass is 16.5. The van der Waals surface area contributed by atoms with Crippen molar-refractivity contribution < 1.29 is 9.84 Å². The number of aromatic nitrogens is 2. The van der Waals surface area contributed by atoms with Gasteiger partial charge >= 0.3 is 0 Å². The lowest BCUT2D eigenvalue weighted by atomic mass is 9.97. The maximum absolute atomic E-state index is 12.7. The quantitative estimate of drug-likeness (QED) is 0.511. The van der Waals surface area contributed by atoms with E-state index in [0.29, 0.717) is 10.9 Å².